The smallest absolute Gasteiger partial charge is 0.255 e. The number of carbonyl (C=O) groups is 1. The van der Waals surface area contributed by atoms with E-state index in [-0.39, 0.29) is 11.9 Å². The van der Waals surface area contributed by atoms with Gasteiger partial charge in [0.1, 0.15) is 0 Å². The molecule has 5 nitrogen and oxygen atoms in total. The van der Waals surface area contributed by atoms with Crippen LogP contribution in [0.2, 0.25) is 0 Å². The molecule has 1 aliphatic carbocycles. The van der Waals surface area contributed by atoms with Crippen LogP contribution in [0.15, 0.2) is 18.5 Å². The molecule has 5 heteroatoms. The quantitative estimate of drug-likeness (QED) is 0.770. The molecule has 1 heterocycles. The molecular weight excluding hydrogens is 242 g/mol. The third-order valence-corrected chi connectivity index (χ3v) is 3.48. The SMILES string of the molecule is CCNc1ccncc1C(=O)NC1CCCCC1O. The largest absolute Gasteiger partial charge is 0.391 e. The lowest BCUT2D eigenvalue weighted by atomic mass is 9.92. The topological polar surface area (TPSA) is 74.2 Å². The number of carbonyl (C=O) groups excluding carboxylic acids is 1. The molecule has 2 rings (SSSR count). The van der Waals surface area contributed by atoms with Crippen LogP contribution >= 0.6 is 0 Å². The average molecular weight is 263 g/mol. The molecule has 0 spiro atoms. The summed E-state index contributed by atoms with van der Waals surface area (Å²) in [5, 5.41) is 15.9. The summed E-state index contributed by atoms with van der Waals surface area (Å²) in [7, 11) is 0. The molecule has 2 unspecified atom stereocenters. The van der Waals surface area contributed by atoms with E-state index in [1.54, 1.807) is 18.5 Å². The Morgan fingerprint density at radius 3 is 3.00 bits per heavy atom. The third-order valence-electron chi connectivity index (χ3n) is 3.48. The normalized spacial score (nSPS) is 22.8. The highest BCUT2D eigenvalue weighted by molar-refractivity contribution is 5.99. The van der Waals surface area contributed by atoms with E-state index < -0.39 is 6.10 Å². The fourth-order valence-electron chi connectivity index (χ4n) is 2.45. The van der Waals surface area contributed by atoms with Gasteiger partial charge < -0.3 is 15.7 Å². The summed E-state index contributed by atoms with van der Waals surface area (Å²) in [6, 6.07) is 1.64. The van der Waals surface area contributed by atoms with E-state index in [4.69, 9.17) is 0 Å². The maximum absolute atomic E-state index is 12.3. The molecule has 1 saturated carbocycles. The summed E-state index contributed by atoms with van der Waals surface area (Å²) in [6.07, 6.45) is 6.46. The van der Waals surface area contributed by atoms with Crippen molar-refractivity contribution in [3.8, 4) is 0 Å². The monoisotopic (exact) mass is 263 g/mol. The lowest BCUT2D eigenvalue weighted by molar-refractivity contribution is 0.0717. The van der Waals surface area contributed by atoms with Crippen molar-refractivity contribution in [1.29, 1.82) is 0 Å². The Morgan fingerprint density at radius 1 is 1.47 bits per heavy atom. The van der Waals surface area contributed by atoms with Gasteiger partial charge in [0, 0.05) is 18.9 Å². The molecule has 19 heavy (non-hydrogen) atoms. The molecule has 1 amide bonds. The van der Waals surface area contributed by atoms with Gasteiger partial charge in [-0.15, -0.1) is 0 Å². The zero-order valence-corrected chi connectivity index (χ0v) is 11.2. The minimum atomic E-state index is -0.433. The van der Waals surface area contributed by atoms with Gasteiger partial charge in [0.05, 0.1) is 23.4 Å². The highest BCUT2D eigenvalue weighted by Crippen LogP contribution is 2.20. The van der Waals surface area contributed by atoms with E-state index in [0.717, 1.165) is 37.9 Å². The first-order valence-corrected chi connectivity index (χ1v) is 6.89. The minimum absolute atomic E-state index is 0.143. The number of nitrogens with zero attached hydrogens (tertiary/aromatic N) is 1. The molecule has 1 aromatic rings. The molecule has 1 aromatic heterocycles. The molecule has 1 fully saturated rings. The number of aliphatic hydroxyl groups excluding tert-OH is 1. The van der Waals surface area contributed by atoms with E-state index in [1.165, 1.54) is 0 Å². The van der Waals surface area contributed by atoms with Crippen molar-refractivity contribution >= 4 is 11.6 Å². The maximum Gasteiger partial charge on any atom is 0.255 e. The third kappa shape index (κ3) is 3.44. The van der Waals surface area contributed by atoms with Crippen LogP contribution in [0.25, 0.3) is 0 Å². The van der Waals surface area contributed by atoms with Crippen molar-refractivity contribution in [2.75, 3.05) is 11.9 Å². The van der Waals surface area contributed by atoms with Gasteiger partial charge in [-0.1, -0.05) is 12.8 Å². The van der Waals surface area contributed by atoms with Crippen molar-refractivity contribution in [3.63, 3.8) is 0 Å². The van der Waals surface area contributed by atoms with E-state index in [9.17, 15) is 9.90 Å². The summed E-state index contributed by atoms with van der Waals surface area (Å²) in [5.74, 6) is -0.171. The summed E-state index contributed by atoms with van der Waals surface area (Å²) >= 11 is 0. The molecule has 104 valence electrons. The van der Waals surface area contributed by atoms with E-state index >= 15 is 0 Å². The number of aromatic nitrogens is 1. The number of nitrogens with one attached hydrogen (secondary N) is 2. The zero-order valence-electron chi connectivity index (χ0n) is 11.2. The van der Waals surface area contributed by atoms with Crippen molar-refractivity contribution in [3.05, 3.63) is 24.0 Å². The van der Waals surface area contributed by atoms with Crippen LogP contribution in [0.4, 0.5) is 5.69 Å². The van der Waals surface area contributed by atoms with Gasteiger partial charge in [-0.3, -0.25) is 9.78 Å². The predicted octanol–water partition coefficient (Wildman–Crippen LogP) is 1.55. The number of anilines is 1. The maximum atomic E-state index is 12.3. The van der Waals surface area contributed by atoms with Crippen molar-refractivity contribution < 1.29 is 9.90 Å². The van der Waals surface area contributed by atoms with Crippen LogP contribution in [0.5, 0.6) is 0 Å². The van der Waals surface area contributed by atoms with Crippen LogP contribution in [0.3, 0.4) is 0 Å². The Morgan fingerprint density at radius 2 is 2.26 bits per heavy atom. The van der Waals surface area contributed by atoms with Gasteiger partial charge in [-0.25, -0.2) is 0 Å². The summed E-state index contributed by atoms with van der Waals surface area (Å²) < 4.78 is 0. The van der Waals surface area contributed by atoms with Gasteiger partial charge in [0.15, 0.2) is 0 Å². The Kier molecular flexibility index (Phi) is 4.74. The second-order valence-corrected chi connectivity index (χ2v) is 4.88. The first-order chi connectivity index (χ1) is 9.22. The van der Waals surface area contributed by atoms with Gasteiger partial charge in [0.2, 0.25) is 0 Å². The number of aliphatic hydroxyl groups is 1. The van der Waals surface area contributed by atoms with Crippen molar-refractivity contribution in [2.45, 2.75) is 44.8 Å². The van der Waals surface area contributed by atoms with Crippen LogP contribution < -0.4 is 10.6 Å². The molecule has 1 aliphatic rings. The van der Waals surface area contributed by atoms with Crippen LogP contribution in [0, 0.1) is 0 Å². The molecule has 0 saturated heterocycles. The lowest BCUT2D eigenvalue weighted by Gasteiger charge is -2.28. The standard InChI is InChI=1S/C14H21N3O2/c1-2-16-11-7-8-15-9-10(11)14(19)17-12-5-3-4-6-13(12)18/h7-9,12-13,18H,2-6H2,1H3,(H,15,16)(H,17,19). The molecule has 0 bridgehead atoms. The number of hydrogen-bond donors (Lipinski definition) is 3. The fraction of sp³-hybridized carbons (Fsp3) is 0.571. The number of rotatable bonds is 4. The minimum Gasteiger partial charge on any atom is -0.391 e. The van der Waals surface area contributed by atoms with Gasteiger partial charge in [0.25, 0.3) is 5.91 Å². The Hall–Kier alpha value is -1.62. The molecule has 0 radical (unpaired) electrons. The van der Waals surface area contributed by atoms with Gasteiger partial charge >= 0.3 is 0 Å². The van der Waals surface area contributed by atoms with E-state index in [1.807, 2.05) is 6.92 Å². The number of pyridine rings is 1. The van der Waals surface area contributed by atoms with Crippen LogP contribution in [-0.4, -0.2) is 34.7 Å². The summed E-state index contributed by atoms with van der Waals surface area (Å²) in [6.45, 7) is 2.73. The van der Waals surface area contributed by atoms with Gasteiger partial charge in [-0.2, -0.15) is 0 Å². The van der Waals surface area contributed by atoms with Gasteiger partial charge in [-0.05, 0) is 25.8 Å². The lowest BCUT2D eigenvalue weighted by Crippen LogP contribution is -2.45. The second-order valence-electron chi connectivity index (χ2n) is 4.88. The first kappa shape index (κ1) is 13.8. The van der Waals surface area contributed by atoms with Crippen molar-refractivity contribution in [2.24, 2.45) is 0 Å². The number of hydrogen-bond acceptors (Lipinski definition) is 4. The number of amides is 1. The fourth-order valence-corrected chi connectivity index (χ4v) is 2.45. The average Bonchev–Trinajstić information content (AvgIpc) is 2.42. The molecule has 0 aliphatic heterocycles. The molecular formula is C14H21N3O2. The second kappa shape index (κ2) is 6.52. The molecule has 3 N–H and O–H groups in total. The van der Waals surface area contributed by atoms with Crippen molar-refractivity contribution in [1.82, 2.24) is 10.3 Å². The van der Waals surface area contributed by atoms with Crippen LogP contribution in [-0.2, 0) is 0 Å². The Balaban J connectivity index is 2.06. The summed E-state index contributed by atoms with van der Waals surface area (Å²) in [5.41, 5.74) is 1.31. The molecule has 0 aromatic carbocycles. The van der Waals surface area contributed by atoms with E-state index in [0.29, 0.717) is 5.56 Å². The van der Waals surface area contributed by atoms with E-state index in [2.05, 4.69) is 15.6 Å². The highest BCUT2D eigenvalue weighted by atomic mass is 16.3. The predicted molar refractivity (Wildman–Crippen MR) is 74.1 cm³/mol. The first-order valence-electron chi connectivity index (χ1n) is 6.89. The Labute approximate surface area is 113 Å². The Bertz CT molecular complexity index is 436. The molecule has 2 atom stereocenters. The highest BCUT2D eigenvalue weighted by Gasteiger charge is 2.25. The summed E-state index contributed by atoms with van der Waals surface area (Å²) in [4.78, 5) is 16.2. The zero-order chi connectivity index (χ0) is 13.7. The van der Waals surface area contributed by atoms with Crippen LogP contribution in [0.1, 0.15) is 43.0 Å².